The third-order valence-electron chi connectivity index (χ3n) is 3.68. The molecule has 0 saturated heterocycles. The van der Waals surface area contributed by atoms with Crippen LogP contribution < -0.4 is 5.32 Å². The van der Waals surface area contributed by atoms with Gasteiger partial charge in [0.05, 0.1) is 6.42 Å². The zero-order valence-electron chi connectivity index (χ0n) is 11.3. The lowest BCUT2D eigenvalue weighted by Crippen LogP contribution is -2.36. The van der Waals surface area contributed by atoms with Crippen LogP contribution in [-0.4, -0.2) is 23.0 Å². The highest BCUT2D eigenvalue weighted by atomic mass is 16.4. The van der Waals surface area contributed by atoms with Gasteiger partial charge in [-0.3, -0.25) is 9.59 Å². The summed E-state index contributed by atoms with van der Waals surface area (Å²) in [5.74, 6) is -0.119. The monoisotopic (exact) mass is 255 g/mol. The van der Waals surface area contributed by atoms with Gasteiger partial charge in [0.2, 0.25) is 5.91 Å². The van der Waals surface area contributed by atoms with Crippen molar-refractivity contribution < 1.29 is 14.7 Å². The molecule has 0 aromatic carbocycles. The lowest BCUT2D eigenvalue weighted by molar-refractivity contribution is -0.137. The SMILES string of the molecule is CCCC(CC(=O)O)NC(=O)CCC1CCCC1. The largest absolute Gasteiger partial charge is 0.481 e. The summed E-state index contributed by atoms with van der Waals surface area (Å²) < 4.78 is 0. The molecule has 2 N–H and O–H groups in total. The molecule has 1 unspecified atom stereocenters. The molecule has 104 valence electrons. The minimum Gasteiger partial charge on any atom is -0.481 e. The Balaban J connectivity index is 2.24. The van der Waals surface area contributed by atoms with Crippen LogP contribution in [0.5, 0.6) is 0 Å². The lowest BCUT2D eigenvalue weighted by atomic mass is 10.0. The van der Waals surface area contributed by atoms with E-state index < -0.39 is 5.97 Å². The van der Waals surface area contributed by atoms with E-state index in [2.05, 4.69) is 5.32 Å². The van der Waals surface area contributed by atoms with Gasteiger partial charge in [-0.25, -0.2) is 0 Å². The highest BCUT2D eigenvalue weighted by Gasteiger charge is 2.18. The van der Waals surface area contributed by atoms with Crippen LogP contribution in [0.4, 0.5) is 0 Å². The summed E-state index contributed by atoms with van der Waals surface area (Å²) in [6.07, 6.45) is 8.25. The van der Waals surface area contributed by atoms with Gasteiger partial charge in [0.15, 0.2) is 0 Å². The number of carbonyl (C=O) groups is 2. The van der Waals surface area contributed by atoms with Gasteiger partial charge in [-0.1, -0.05) is 39.0 Å². The summed E-state index contributed by atoms with van der Waals surface area (Å²) in [5, 5.41) is 11.6. The fourth-order valence-corrected chi connectivity index (χ4v) is 2.72. The standard InChI is InChI=1S/C14H25NO3/c1-2-5-12(10-14(17)18)15-13(16)9-8-11-6-3-4-7-11/h11-12H,2-10H2,1H3,(H,15,16)(H,17,18). The molecular formula is C14H25NO3. The van der Waals surface area contributed by atoms with Crippen LogP contribution in [0.15, 0.2) is 0 Å². The fraction of sp³-hybridized carbons (Fsp3) is 0.857. The number of hydrogen-bond donors (Lipinski definition) is 2. The minimum absolute atomic E-state index is 0.0154. The van der Waals surface area contributed by atoms with Crippen LogP contribution in [-0.2, 0) is 9.59 Å². The van der Waals surface area contributed by atoms with Crippen LogP contribution >= 0.6 is 0 Å². The van der Waals surface area contributed by atoms with E-state index in [-0.39, 0.29) is 18.4 Å². The fourth-order valence-electron chi connectivity index (χ4n) is 2.72. The van der Waals surface area contributed by atoms with E-state index in [1.165, 1.54) is 25.7 Å². The van der Waals surface area contributed by atoms with Crippen molar-refractivity contribution in [3.8, 4) is 0 Å². The van der Waals surface area contributed by atoms with Crippen LogP contribution in [0, 0.1) is 5.92 Å². The number of rotatable bonds is 8. The predicted molar refractivity (Wildman–Crippen MR) is 70.3 cm³/mol. The van der Waals surface area contributed by atoms with Crippen LogP contribution in [0.3, 0.4) is 0 Å². The number of amides is 1. The molecule has 18 heavy (non-hydrogen) atoms. The first-order valence-electron chi connectivity index (χ1n) is 7.13. The normalized spacial score (nSPS) is 17.6. The maximum absolute atomic E-state index is 11.8. The van der Waals surface area contributed by atoms with Gasteiger partial charge in [0.1, 0.15) is 0 Å². The van der Waals surface area contributed by atoms with E-state index in [1.54, 1.807) is 0 Å². The molecular weight excluding hydrogens is 230 g/mol. The van der Waals surface area contributed by atoms with Crippen molar-refractivity contribution in [3.05, 3.63) is 0 Å². The van der Waals surface area contributed by atoms with Gasteiger partial charge in [0, 0.05) is 12.5 Å². The molecule has 0 spiro atoms. The van der Waals surface area contributed by atoms with E-state index in [0.717, 1.165) is 19.3 Å². The Hall–Kier alpha value is -1.06. The Bertz CT molecular complexity index is 272. The van der Waals surface area contributed by atoms with Crippen molar-refractivity contribution in [2.45, 2.75) is 70.8 Å². The quantitative estimate of drug-likeness (QED) is 0.700. The Morgan fingerprint density at radius 3 is 2.56 bits per heavy atom. The van der Waals surface area contributed by atoms with E-state index in [4.69, 9.17) is 5.11 Å². The third-order valence-corrected chi connectivity index (χ3v) is 3.68. The minimum atomic E-state index is -0.843. The number of carbonyl (C=O) groups excluding carboxylic acids is 1. The van der Waals surface area contributed by atoms with E-state index in [9.17, 15) is 9.59 Å². The molecule has 1 saturated carbocycles. The summed E-state index contributed by atoms with van der Waals surface area (Å²) in [4.78, 5) is 22.4. The molecule has 1 amide bonds. The van der Waals surface area contributed by atoms with Crippen LogP contribution in [0.2, 0.25) is 0 Å². The number of nitrogens with one attached hydrogen (secondary N) is 1. The smallest absolute Gasteiger partial charge is 0.305 e. The molecule has 4 nitrogen and oxygen atoms in total. The summed E-state index contributed by atoms with van der Waals surface area (Å²) >= 11 is 0. The van der Waals surface area contributed by atoms with Crippen molar-refractivity contribution >= 4 is 11.9 Å². The van der Waals surface area contributed by atoms with Gasteiger partial charge in [-0.2, -0.15) is 0 Å². The molecule has 1 rings (SSSR count). The molecule has 0 heterocycles. The van der Waals surface area contributed by atoms with Gasteiger partial charge in [-0.05, 0) is 18.8 Å². The zero-order chi connectivity index (χ0) is 13.4. The number of carboxylic acid groups (broad SMARTS) is 1. The van der Waals surface area contributed by atoms with Crippen molar-refractivity contribution in [2.24, 2.45) is 5.92 Å². The van der Waals surface area contributed by atoms with Crippen LogP contribution in [0.25, 0.3) is 0 Å². The second kappa shape index (κ2) is 8.11. The second-order valence-electron chi connectivity index (χ2n) is 5.34. The van der Waals surface area contributed by atoms with Gasteiger partial charge < -0.3 is 10.4 Å². The van der Waals surface area contributed by atoms with Crippen LogP contribution in [0.1, 0.15) is 64.7 Å². The summed E-state index contributed by atoms with van der Waals surface area (Å²) in [7, 11) is 0. The Labute approximate surface area is 109 Å². The van der Waals surface area contributed by atoms with Crippen molar-refractivity contribution in [1.82, 2.24) is 5.32 Å². The lowest BCUT2D eigenvalue weighted by Gasteiger charge is -2.16. The van der Waals surface area contributed by atoms with Crippen molar-refractivity contribution in [3.63, 3.8) is 0 Å². The first kappa shape index (κ1) is 15.0. The second-order valence-corrected chi connectivity index (χ2v) is 5.34. The van der Waals surface area contributed by atoms with Gasteiger partial charge >= 0.3 is 5.97 Å². The molecule has 0 aromatic rings. The molecule has 0 aliphatic heterocycles. The molecule has 4 heteroatoms. The molecule has 1 atom stereocenters. The number of carboxylic acids is 1. The maximum Gasteiger partial charge on any atom is 0.305 e. The van der Waals surface area contributed by atoms with E-state index >= 15 is 0 Å². The maximum atomic E-state index is 11.8. The van der Waals surface area contributed by atoms with Gasteiger partial charge in [0.25, 0.3) is 0 Å². The van der Waals surface area contributed by atoms with E-state index in [0.29, 0.717) is 12.3 Å². The number of hydrogen-bond acceptors (Lipinski definition) is 2. The zero-order valence-corrected chi connectivity index (χ0v) is 11.3. The average molecular weight is 255 g/mol. The summed E-state index contributed by atoms with van der Waals surface area (Å²) in [5.41, 5.74) is 0. The first-order valence-corrected chi connectivity index (χ1v) is 7.13. The first-order chi connectivity index (χ1) is 8.61. The summed E-state index contributed by atoms with van der Waals surface area (Å²) in [6.45, 7) is 2.00. The predicted octanol–water partition coefficient (Wildman–Crippen LogP) is 2.72. The molecule has 0 radical (unpaired) electrons. The van der Waals surface area contributed by atoms with E-state index in [1.807, 2.05) is 6.92 Å². The Morgan fingerprint density at radius 1 is 1.33 bits per heavy atom. The highest BCUT2D eigenvalue weighted by molar-refractivity contribution is 5.77. The molecule has 0 bridgehead atoms. The number of aliphatic carboxylic acids is 1. The molecule has 0 aromatic heterocycles. The molecule has 1 aliphatic rings. The highest BCUT2D eigenvalue weighted by Crippen LogP contribution is 2.28. The third kappa shape index (κ3) is 6.03. The van der Waals surface area contributed by atoms with Gasteiger partial charge in [-0.15, -0.1) is 0 Å². The van der Waals surface area contributed by atoms with Crippen molar-refractivity contribution in [2.75, 3.05) is 0 Å². The molecule has 1 fully saturated rings. The Kier molecular flexibility index (Phi) is 6.76. The Morgan fingerprint density at radius 2 is 2.00 bits per heavy atom. The topological polar surface area (TPSA) is 66.4 Å². The molecule has 1 aliphatic carbocycles. The van der Waals surface area contributed by atoms with Crippen molar-refractivity contribution in [1.29, 1.82) is 0 Å². The average Bonchev–Trinajstić information content (AvgIpc) is 2.78. The summed E-state index contributed by atoms with van der Waals surface area (Å²) in [6, 6.07) is -0.205.